The van der Waals surface area contributed by atoms with Crippen LogP contribution in [-0.4, -0.2) is 25.0 Å². The Kier molecular flexibility index (Phi) is 2.85. The van der Waals surface area contributed by atoms with E-state index in [9.17, 15) is 0 Å². The first kappa shape index (κ1) is 11.3. The van der Waals surface area contributed by atoms with Gasteiger partial charge in [-0.3, -0.25) is 0 Å². The number of nitrogens with zero attached hydrogens (tertiary/aromatic N) is 4. The number of benzene rings is 1. The van der Waals surface area contributed by atoms with Crippen LogP contribution in [0.4, 0.5) is 11.9 Å². The molecule has 1 aromatic carbocycles. The molecule has 19 heavy (non-hydrogen) atoms. The molecule has 0 fully saturated rings. The molecular formula is C12H13N7. The predicted molar refractivity (Wildman–Crippen MR) is 71.7 cm³/mol. The highest BCUT2D eigenvalue weighted by Crippen LogP contribution is 2.14. The van der Waals surface area contributed by atoms with E-state index in [0.29, 0.717) is 18.4 Å². The number of hydrogen-bond donors (Lipinski definition) is 3. The van der Waals surface area contributed by atoms with Gasteiger partial charge in [-0.25, -0.2) is 9.78 Å². The molecule has 4 N–H and O–H groups in total. The first-order valence-electron chi connectivity index (χ1n) is 5.82. The van der Waals surface area contributed by atoms with Crippen LogP contribution in [0.2, 0.25) is 0 Å². The van der Waals surface area contributed by atoms with Crippen molar-refractivity contribution in [3.8, 4) is 5.69 Å². The molecule has 3 rings (SSSR count). The Morgan fingerprint density at radius 1 is 1.26 bits per heavy atom. The first-order valence-corrected chi connectivity index (χ1v) is 5.82. The highest BCUT2D eigenvalue weighted by molar-refractivity contribution is 5.42. The quantitative estimate of drug-likeness (QED) is 0.650. The maximum atomic E-state index is 5.47. The van der Waals surface area contributed by atoms with Gasteiger partial charge < -0.3 is 11.1 Å². The van der Waals surface area contributed by atoms with Crippen molar-refractivity contribution < 1.29 is 0 Å². The van der Waals surface area contributed by atoms with E-state index in [2.05, 4.69) is 25.6 Å². The van der Waals surface area contributed by atoms with Crippen molar-refractivity contribution in [2.24, 2.45) is 0 Å². The maximum Gasteiger partial charge on any atom is 0.243 e. The minimum atomic E-state index is 0.294. The number of rotatable bonds is 4. The van der Waals surface area contributed by atoms with Crippen molar-refractivity contribution in [1.82, 2.24) is 25.0 Å². The molecule has 0 saturated heterocycles. The molecule has 0 unspecified atom stereocenters. The molecule has 3 aromatic rings. The van der Waals surface area contributed by atoms with Crippen LogP contribution >= 0.6 is 0 Å². The molecule has 0 amide bonds. The van der Waals surface area contributed by atoms with Gasteiger partial charge in [-0.1, -0.05) is 18.2 Å². The average molecular weight is 255 g/mol. The van der Waals surface area contributed by atoms with Gasteiger partial charge in [0.05, 0.1) is 5.69 Å². The second-order valence-corrected chi connectivity index (χ2v) is 3.98. The van der Waals surface area contributed by atoms with E-state index in [4.69, 9.17) is 5.73 Å². The Balaban J connectivity index is 1.81. The van der Waals surface area contributed by atoms with Gasteiger partial charge in [0.1, 0.15) is 0 Å². The Morgan fingerprint density at radius 2 is 2.16 bits per heavy atom. The third kappa shape index (κ3) is 2.39. The van der Waals surface area contributed by atoms with E-state index in [0.717, 1.165) is 11.3 Å². The summed E-state index contributed by atoms with van der Waals surface area (Å²) in [7, 11) is 0. The van der Waals surface area contributed by atoms with Gasteiger partial charge in [-0.15, -0.1) is 5.10 Å². The summed E-state index contributed by atoms with van der Waals surface area (Å²) in [6.45, 7) is 0.591. The van der Waals surface area contributed by atoms with Crippen LogP contribution in [0.25, 0.3) is 5.69 Å². The van der Waals surface area contributed by atoms with Crippen molar-refractivity contribution in [2.45, 2.75) is 6.54 Å². The standard InChI is InChI=1S/C12H13N7/c13-11-16-12(18-17-11)14-8-9-4-1-2-5-10(9)19-7-3-6-15-19/h1-7H,8H2,(H4,13,14,16,17,18). The monoisotopic (exact) mass is 255 g/mol. The highest BCUT2D eigenvalue weighted by atomic mass is 15.3. The molecule has 0 spiro atoms. The van der Waals surface area contributed by atoms with Crippen molar-refractivity contribution in [2.75, 3.05) is 11.1 Å². The van der Waals surface area contributed by atoms with Gasteiger partial charge in [-0.2, -0.15) is 10.1 Å². The van der Waals surface area contributed by atoms with E-state index in [1.165, 1.54) is 0 Å². The van der Waals surface area contributed by atoms with Crippen LogP contribution in [-0.2, 0) is 6.54 Å². The SMILES string of the molecule is Nc1nc(NCc2ccccc2-n2cccn2)n[nH]1. The third-order valence-corrected chi connectivity index (χ3v) is 2.68. The van der Waals surface area contributed by atoms with Gasteiger partial charge in [0.2, 0.25) is 11.9 Å². The normalized spacial score (nSPS) is 10.5. The molecular weight excluding hydrogens is 242 g/mol. The molecule has 0 aliphatic heterocycles. The molecule has 0 aliphatic rings. The lowest BCUT2D eigenvalue weighted by Gasteiger charge is -2.09. The fourth-order valence-corrected chi connectivity index (χ4v) is 1.82. The predicted octanol–water partition coefficient (Wildman–Crippen LogP) is 1.18. The summed E-state index contributed by atoms with van der Waals surface area (Å²) in [6.07, 6.45) is 3.66. The number of nitrogens with two attached hydrogens (primary N) is 1. The van der Waals surface area contributed by atoms with E-state index in [1.807, 2.05) is 41.2 Å². The summed E-state index contributed by atoms with van der Waals surface area (Å²) in [4.78, 5) is 4.00. The van der Waals surface area contributed by atoms with E-state index < -0.39 is 0 Å². The van der Waals surface area contributed by atoms with Crippen LogP contribution in [0.5, 0.6) is 0 Å². The smallest absolute Gasteiger partial charge is 0.243 e. The molecule has 2 aromatic heterocycles. The number of aromatic amines is 1. The lowest BCUT2D eigenvalue weighted by atomic mass is 10.2. The Bertz CT molecular complexity index is 656. The second kappa shape index (κ2) is 4.81. The highest BCUT2D eigenvalue weighted by Gasteiger charge is 2.05. The van der Waals surface area contributed by atoms with Crippen LogP contribution in [0.3, 0.4) is 0 Å². The summed E-state index contributed by atoms with van der Waals surface area (Å²) in [5.74, 6) is 0.774. The number of nitrogens with one attached hydrogen (secondary N) is 2. The van der Waals surface area contributed by atoms with E-state index in [1.54, 1.807) is 6.20 Å². The van der Waals surface area contributed by atoms with Crippen LogP contribution in [0.15, 0.2) is 42.7 Å². The molecule has 0 radical (unpaired) electrons. The zero-order valence-corrected chi connectivity index (χ0v) is 10.1. The number of H-pyrrole nitrogens is 1. The Hall–Kier alpha value is -2.83. The molecule has 7 nitrogen and oxygen atoms in total. The molecule has 0 aliphatic carbocycles. The lowest BCUT2D eigenvalue weighted by Crippen LogP contribution is -2.06. The lowest BCUT2D eigenvalue weighted by molar-refractivity contribution is 0.862. The van der Waals surface area contributed by atoms with E-state index >= 15 is 0 Å². The molecule has 7 heteroatoms. The number of para-hydroxylation sites is 1. The number of anilines is 2. The largest absolute Gasteiger partial charge is 0.368 e. The Labute approximate surface area is 109 Å². The van der Waals surface area contributed by atoms with Crippen LogP contribution < -0.4 is 11.1 Å². The van der Waals surface area contributed by atoms with Gasteiger partial charge in [-0.05, 0) is 17.7 Å². The molecule has 0 saturated carbocycles. The average Bonchev–Trinajstić information content (AvgIpc) is 3.08. The van der Waals surface area contributed by atoms with Gasteiger partial charge in [0.25, 0.3) is 0 Å². The summed E-state index contributed by atoms with van der Waals surface area (Å²) in [5, 5.41) is 13.9. The number of hydrogen-bond acceptors (Lipinski definition) is 5. The zero-order valence-electron chi connectivity index (χ0n) is 10.1. The minimum Gasteiger partial charge on any atom is -0.368 e. The maximum absolute atomic E-state index is 5.47. The van der Waals surface area contributed by atoms with Crippen LogP contribution in [0, 0.1) is 0 Å². The summed E-state index contributed by atoms with van der Waals surface area (Å²) >= 11 is 0. The molecule has 0 bridgehead atoms. The molecule has 0 atom stereocenters. The summed E-state index contributed by atoms with van der Waals surface area (Å²) < 4.78 is 1.82. The van der Waals surface area contributed by atoms with E-state index in [-0.39, 0.29) is 0 Å². The second-order valence-electron chi connectivity index (χ2n) is 3.98. The molecule has 96 valence electrons. The first-order chi connectivity index (χ1) is 9.33. The zero-order chi connectivity index (χ0) is 13.1. The van der Waals surface area contributed by atoms with Crippen LogP contribution in [0.1, 0.15) is 5.56 Å². The van der Waals surface area contributed by atoms with Crippen molar-refractivity contribution in [3.05, 3.63) is 48.3 Å². The fraction of sp³-hybridized carbons (Fsp3) is 0.0833. The summed E-state index contributed by atoms with van der Waals surface area (Å²) in [5.41, 5.74) is 7.58. The van der Waals surface area contributed by atoms with Crippen molar-refractivity contribution in [3.63, 3.8) is 0 Å². The number of aromatic nitrogens is 5. The summed E-state index contributed by atoms with van der Waals surface area (Å²) in [6, 6.07) is 9.89. The fourth-order valence-electron chi connectivity index (χ4n) is 1.82. The third-order valence-electron chi connectivity index (χ3n) is 2.68. The minimum absolute atomic E-state index is 0.294. The van der Waals surface area contributed by atoms with Gasteiger partial charge >= 0.3 is 0 Å². The van der Waals surface area contributed by atoms with Gasteiger partial charge in [0.15, 0.2) is 0 Å². The van der Waals surface area contributed by atoms with Crippen molar-refractivity contribution in [1.29, 1.82) is 0 Å². The molecule has 2 heterocycles. The number of nitrogen functional groups attached to an aromatic ring is 1. The topological polar surface area (TPSA) is 97.4 Å². The van der Waals surface area contributed by atoms with Gasteiger partial charge in [0, 0.05) is 18.9 Å². The Morgan fingerprint density at radius 3 is 2.89 bits per heavy atom. The van der Waals surface area contributed by atoms with Crippen molar-refractivity contribution >= 4 is 11.9 Å².